The number of thioether (sulfide) groups is 1. The maximum Gasteiger partial charge on any atom is 0.252 e. The van der Waals surface area contributed by atoms with Crippen molar-refractivity contribution in [2.45, 2.75) is 12.3 Å². The molecule has 7 nitrogen and oxygen atoms in total. The second-order valence-electron chi connectivity index (χ2n) is 5.05. The van der Waals surface area contributed by atoms with Crippen molar-refractivity contribution in [3.8, 4) is 5.75 Å². The number of nitrogens with one attached hydrogen (secondary N) is 2. The molecule has 0 radical (unpaired) electrons. The van der Waals surface area contributed by atoms with Crippen LogP contribution in [0.1, 0.15) is 16.6 Å². The van der Waals surface area contributed by atoms with Gasteiger partial charge < -0.3 is 4.74 Å². The Bertz CT molecular complexity index is 775. The van der Waals surface area contributed by atoms with Crippen molar-refractivity contribution < 1.29 is 9.53 Å². The van der Waals surface area contributed by atoms with E-state index in [1.165, 1.54) is 22.8 Å². The Balaban J connectivity index is 1.85. The van der Waals surface area contributed by atoms with Crippen molar-refractivity contribution in [1.82, 2.24) is 15.0 Å². The van der Waals surface area contributed by atoms with Crippen LogP contribution >= 0.6 is 11.8 Å². The number of hydrogen-bond acceptors (Lipinski definition) is 6. The lowest BCUT2D eigenvalue weighted by molar-refractivity contribution is -0.126. The summed E-state index contributed by atoms with van der Waals surface area (Å²) in [6, 6.07) is 8.92. The van der Waals surface area contributed by atoms with Crippen LogP contribution in [0.25, 0.3) is 0 Å². The van der Waals surface area contributed by atoms with Crippen molar-refractivity contribution in [3.63, 3.8) is 0 Å². The van der Waals surface area contributed by atoms with E-state index in [9.17, 15) is 9.59 Å². The number of ether oxygens (including phenoxy) is 1. The summed E-state index contributed by atoms with van der Waals surface area (Å²) in [5, 5.41) is 1.30. The molecule has 1 amide bonds. The third-order valence-electron chi connectivity index (χ3n) is 3.36. The molecule has 8 heteroatoms. The van der Waals surface area contributed by atoms with Crippen LogP contribution in [0.2, 0.25) is 0 Å². The van der Waals surface area contributed by atoms with Crippen LogP contribution in [0.4, 0.5) is 5.95 Å². The Hall–Kier alpha value is -2.48. The number of nitrogens with zero attached hydrogens (tertiary/aromatic N) is 2. The fourth-order valence-electron chi connectivity index (χ4n) is 2.31. The molecule has 1 atom stereocenters. The quantitative estimate of drug-likeness (QED) is 0.886. The maximum absolute atomic E-state index is 12.2. The van der Waals surface area contributed by atoms with E-state index in [1.807, 2.05) is 24.3 Å². The van der Waals surface area contributed by atoms with Crippen molar-refractivity contribution in [2.24, 2.45) is 0 Å². The largest absolute Gasteiger partial charge is 0.497 e. The molecule has 1 saturated heterocycles. The number of aromatic amines is 1. The number of methoxy groups -OCH3 is 1. The Kier molecular flexibility index (Phi) is 4.24. The number of H-pyrrole nitrogens is 1. The van der Waals surface area contributed by atoms with Crippen LogP contribution < -0.4 is 15.7 Å². The Morgan fingerprint density at radius 2 is 2.09 bits per heavy atom. The fourth-order valence-corrected chi connectivity index (χ4v) is 3.41. The molecule has 0 aliphatic carbocycles. The minimum Gasteiger partial charge on any atom is -0.497 e. The van der Waals surface area contributed by atoms with Gasteiger partial charge in [-0.2, -0.15) is 0 Å². The second-order valence-corrected chi connectivity index (χ2v) is 6.12. The molecule has 1 aromatic heterocycles. The Labute approximate surface area is 137 Å². The van der Waals surface area contributed by atoms with Gasteiger partial charge in [0.05, 0.1) is 12.9 Å². The standard InChI is InChI=1S/C15H16N4O3S/c1-9-7-12(20)17-15(16-9)18-19-13(21)8-23-14(19)10-3-5-11(22-2)6-4-10/h3-7,14H,8H2,1-2H3,(H2,16,17,18,20). The van der Waals surface area contributed by atoms with E-state index in [4.69, 9.17) is 4.74 Å². The van der Waals surface area contributed by atoms with Crippen LogP contribution in [0.5, 0.6) is 5.75 Å². The minimum absolute atomic E-state index is 0.0695. The second kappa shape index (κ2) is 6.33. The molecule has 120 valence electrons. The Morgan fingerprint density at radius 1 is 1.35 bits per heavy atom. The lowest BCUT2D eigenvalue weighted by Crippen LogP contribution is -2.35. The van der Waals surface area contributed by atoms with Gasteiger partial charge in [-0.15, -0.1) is 11.8 Å². The normalized spacial score (nSPS) is 17.4. The van der Waals surface area contributed by atoms with Crippen LogP contribution in [0, 0.1) is 6.92 Å². The van der Waals surface area contributed by atoms with E-state index in [0.717, 1.165) is 11.3 Å². The highest BCUT2D eigenvalue weighted by Gasteiger charge is 2.33. The smallest absolute Gasteiger partial charge is 0.252 e. The van der Waals surface area contributed by atoms with Gasteiger partial charge >= 0.3 is 0 Å². The first-order chi connectivity index (χ1) is 11.1. The van der Waals surface area contributed by atoms with E-state index >= 15 is 0 Å². The molecule has 1 aliphatic rings. The maximum atomic E-state index is 12.2. The topological polar surface area (TPSA) is 87.3 Å². The zero-order valence-electron chi connectivity index (χ0n) is 12.7. The van der Waals surface area contributed by atoms with E-state index in [2.05, 4.69) is 15.4 Å². The van der Waals surface area contributed by atoms with Gasteiger partial charge in [0.1, 0.15) is 11.1 Å². The zero-order chi connectivity index (χ0) is 16.4. The first-order valence-corrected chi connectivity index (χ1v) is 8.04. The molecule has 23 heavy (non-hydrogen) atoms. The van der Waals surface area contributed by atoms with Gasteiger partial charge in [-0.3, -0.25) is 20.0 Å². The summed E-state index contributed by atoms with van der Waals surface area (Å²) in [4.78, 5) is 30.5. The van der Waals surface area contributed by atoms with E-state index in [-0.39, 0.29) is 22.8 Å². The summed E-state index contributed by atoms with van der Waals surface area (Å²) >= 11 is 1.51. The van der Waals surface area contributed by atoms with Crippen LogP contribution in [-0.4, -0.2) is 33.7 Å². The fraction of sp³-hybridized carbons (Fsp3) is 0.267. The number of carbonyl (C=O) groups excluding carboxylic acids is 1. The van der Waals surface area contributed by atoms with Crippen molar-refractivity contribution >= 4 is 23.6 Å². The highest BCUT2D eigenvalue weighted by molar-refractivity contribution is 8.00. The molecule has 0 bridgehead atoms. The molecule has 3 rings (SSSR count). The predicted octanol–water partition coefficient (Wildman–Crippen LogP) is 1.69. The number of aryl methyl sites for hydroxylation is 1. The highest BCUT2D eigenvalue weighted by Crippen LogP contribution is 2.38. The first-order valence-electron chi connectivity index (χ1n) is 6.99. The summed E-state index contributed by atoms with van der Waals surface area (Å²) in [7, 11) is 1.61. The van der Waals surface area contributed by atoms with Crippen molar-refractivity contribution in [2.75, 3.05) is 18.3 Å². The number of rotatable bonds is 4. The number of aromatic nitrogens is 2. The van der Waals surface area contributed by atoms with Gasteiger partial charge in [-0.1, -0.05) is 12.1 Å². The molecule has 1 unspecified atom stereocenters. The number of amides is 1. The lowest BCUT2D eigenvalue weighted by Gasteiger charge is -2.24. The average molecular weight is 332 g/mol. The highest BCUT2D eigenvalue weighted by atomic mass is 32.2. The van der Waals surface area contributed by atoms with Gasteiger partial charge in [-0.25, -0.2) is 9.99 Å². The molecule has 2 N–H and O–H groups in total. The number of hydrazine groups is 1. The van der Waals surface area contributed by atoms with E-state index < -0.39 is 0 Å². The van der Waals surface area contributed by atoms with Crippen molar-refractivity contribution in [1.29, 1.82) is 0 Å². The van der Waals surface area contributed by atoms with Crippen LogP contribution in [0.15, 0.2) is 35.1 Å². The van der Waals surface area contributed by atoms with Crippen molar-refractivity contribution in [3.05, 3.63) is 51.9 Å². The molecular formula is C15H16N4O3S. The molecule has 2 heterocycles. The third kappa shape index (κ3) is 3.31. The predicted molar refractivity (Wildman–Crippen MR) is 88.3 cm³/mol. The zero-order valence-corrected chi connectivity index (χ0v) is 13.5. The minimum atomic E-state index is -0.264. The molecule has 0 spiro atoms. The molecule has 1 fully saturated rings. The molecule has 1 aliphatic heterocycles. The van der Waals surface area contributed by atoms with Crippen LogP contribution in [-0.2, 0) is 4.79 Å². The molecular weight excluding hydrogens is 316 g/mol. The molecule has 2 aromatic rings. The average Bonchev–Trinajstić information content (AvgIpc) is 2.87. The summed E-state index contributed by atoms with van der Waals surface area (Å²) in [6.45, 7) is 1.72. The third-order valence-corrected chi connectivity index (χ3v) is 4.58. The van der Waals surface area contributed by atoms with Gasteiger partial charge in [-0.05, 0) is 24.6 Å². The summed E-state index contributed by atoms with van der Waals surface area (Å²) in [5.74, 6) is 1.30. The first kappa shape index (κ1) is 15.4. The summed E-state index contributed by atoms with van der Waals surface area (Å²) in [5.41, 5.74) is 4.19. The van der Waals surface area contributed by atoms with Crippen LogP contribution in [0.3, 0.4) is 0 Å². The number of anilines is 1. The van der Waals surface area contributed by atoms with Gasteiger partial charge in [0, 0.05) is 11.8 Å². The van der Waals surface area contributed by atoms with E-state index in [1.54, 1.807) is 14.0 Å². The number of hydrogen-bond donors (Lipinski definition) is 2. The SMILES string of the molecule is COc1ccc(C2SCC(=O)N2Nc2nc(C)cc(=O)[nH]2)cc1. The molecule has 1 aromatic carbocycles. The van der Waals surface area contributed by atoms with Gasteiger partial charge in [0.2, 0.25) is 5.95 Å². The summed E-state index contributed by atoms with van der Waals surface area (Å²) < 4.78 is 5.15. The van der Waals surface area contributed by atoms with Gasteiger partial charge in [0.15, 0.2) is 0 Å². The monoisotopic (exact) mass is 332 g/mol. The Morgan fingerprint density at radius 3 is 2.74 bits per heavy atom. The lowest BCUT2D eigenvalue weighted by atomic mass is 10.2. The number of benzene rings is 1. The van der Waals surface area contributed by atoms with E-state index in [0.29, 0.717) is 11.4 Å². The van der Waals surface area contributed by atoms with Gasteiger partial charge in [0.25, 0.3) is 11.5 Å². The summed E-state index contributed by atoms with van der Waals surface area (Å²) in [6.07, 6.45) is 0. The molecule has 0 saturated carbocycles. The number of carbonyl (C=O) groups is 1.